The number of benzene rings is 1. The van der Waals surface area contributed by atoms with Gasteiger partial charge >= 0.3 is 0 Å². The van der Waals surface area contributed by atoms with Crippen LogP contribution in [0, 0.1) is 0 Å². The molecule has 0 bridgehead atoms. The summed E-state index contributed by atoms with van der Waals surface area (Å²) in [5, 5.41) is 12.3. The van der Waals surface area contributed by atoms with Gasteiger partial charge in [-0.05, 0) is 55.3 Å². The lowest BCUT2D eigenvalue weighted by molar-refractivity contribution is -0.124. The fourth-order valence-electron chi connectivity index (χ4n) is 2.93. The molecule has 1 amide bonds. The first-order valence-corrected chi connectivity index (χ1v) is 8.88. The number of hydrogen-bond acceptors (Lipinski definition) is 5. The second kappa shape index (κ2) is 11.9. The summed E-state index contributed by atoms with van der Waals surface area (Å²) in [6, 6.07) is 9.85. The number of nitrogens with zero attached hydrogens (tertiary/aromatic N) is 2. The molecule has 1 aromatic carbocycles. The number of carbonyl (C=O) groups excluding carboxylic acids is 1. The third kappa shape index (κ3) is 6.65. The van der Waals surface area contributed by atoms with Crippen molar-refractivity contribution in [1.29, 1.82) is 0 Å². The normalized spacial score (nSPS) is 13.6. The highest BCUT2D eigenvalue weighted by molar-refractivity contribution is 6.33. The molecule has 9 heteroatoms. The zero-order valence-corrected chi connectivity index (χ0v) is 17.5. The van der Waals surface area contributed by atoms with Gasteiger partial charge in [0.05, 0.1) is 5.02 Å². The number of rotatable bonds is 6. The minimum absolute atomic E-state index is 0. The summed E-state index contributed by atoms with van der Waals surface area (Å²) >= 11 is 6.33. The second-order valence-corrected chi connectivity index (χ2v) is 6.58. The van der Waals surface area contributed by atoms with Crippen molar-refractivity contribution >= 4 is 59.9 Å². The summed E-state index contributed by atoms with van der Waals surface area (Å²) in [7, 11) is 0. The molecule has 0 saturated carbocycles. The zero-order valence-electron chi connectivity index (χ0n) is 15.1. The third-order valence-electron chi connectivity index (χ3n) is 4.26. The minimum Gasteiger partial charge on any atom is -0.339 e. The first-order valence-electron chi connectivity index (χ1n) is 8.50. The van der Waals surface area contributed by atoms with Gasteiger partial charge in [-0.25, -0.2) is 10.5 Å². The van der Waals surface area contributed by atoms with Crippen LogP contribution in [0.3, 0.4) is 0 Å². The van der Waals surface area contributed by atoms with Crippen molar-refractivity contribution in [2.75, 3.05) is 18.4 Å². The van der Waals surface area contributed by atoms with Crippen LogP contribution in [-0.2, 0) is 11.3 Å². The topological polar surface area (TPSA) is 77.5 Å². The number of anilines is 2. The van der Waals surface area contributed by atoms with Crippen LogP contribution in [0.5, 0.6) is 0 Å². The first-order chi connectivity index (χ1) is 12.7. The van der Waals surface area contributed by atoms with Crippen LogP contribution in [0.2, 0.25) is 5.02 Å². The molecule has 2 aromatic rings. The minimum atomic E-state index is -0.612. The number of pyridine rings is 1. The fraction of sp³-hybridized carbons (Fsp3) is 0.263. The molecule has 1 fully saturated rings. The Kier molecular flexibility index (Phi) is 10.3. The van der Waals surface area contributed by atoms with Gasteiger partial charge < -0.3 is 5.32 Å². The standard InChI is InChI=1S/C19H21ClN4O2.2ClH/c20-16-11-14(7-8-18(25)23-26)12-21-19(16)22-17-6-2-1-5-15(17)13-24-9-3-4-10-24;;/h1-2,5-8,11-12,26H,3-4,9-10,13H2,(H,21,22)(H,23,25);2*1H. The lowest BCUT2D eigenvalue weighted by atomic mass is 10.1. The van der Waals surface area contributed by atoms with E-state index in [1.165, 1.54) is 36.0 Å². The number of halogens is 3. The average Bonchev–Trinajstić information content (AvgIpc) is 3.16. The molecular weight excluding hydrogens is 423 g/mol. The second-order valence-electron chi connectivity index (χ2n) is 6.17. The van der Waals surface area contributed by atoms with Crippen LogP contribution in [0.1, 0.15) is 24.0 Å². The van der Waals surface area contributed by atoms with Gasteiger partial charge in [-0.2, -0.15) is 0 Å². The van der Waals surface area contributed by atoms with Crippen molar-refractivity contribution in [1.82, 2.24) is 15.4 Å². The molecule has 0 aliphatic carbocycles. The van der Waals surface area contributed by atoms with E-state index in [1.54, 1.807) is 12.3 Å². The van der Waals surface area contributed by atoms with E-state index in [0.717, 1.165) is 25.3 Å². The van der Waals surface area contributed by atoms with Gasteiger partial charge in [0.15, 0.2) is 0 Å². The Labute approximate surface area is 181 Å². The number of nitrogens with one attached hydrogen (secondary N) is 2. The highest BCUT2D eigenvalue weighted by atomic mass is 35.5. The van der Waals surface area contributed by atoms with Crippen molar-refractivity contribution in [3.63, 3.8) is 0 Å². The molecule has 2 heterocycles. The van der Waals surface area contributed by atoms with Gasteiger partial charge in [0.25, 0.3) is 5.91 Å². The maximum Gasteiger partial charge on any atom is 0.267 e. The molecule has 1 aromatic heterocycles. The fourth-order valence-corrected chi connectivity index (χ4v) is 3.16. The summed E-state index contributed by atoms with van der Waals surface area (Å²) < 4.78 is 0. The molecule has 6 nitrogen and oxygen atoms in total. The van der Waals surface area contributed by atoms with Crippen molar-refractivity contribution in [3.8, 4) is 0 Å². The molecule has 28 heavy (non-hydrogen) atoms. The van der Waals surface area contributed by atoms with Crippen molar-refractivity contribution in [2.45, 2.75) is 19.4 Å². The van der Waals surface area contributed by atoms with Crippen LogP contribution >= 0.6 is 36.4 Å². The number of carbonyl (C=O) groups is 1. The largest absolute Gasteiger partial charge is 0.339 e. The number of hydrogen-bond donors (Lipinski definition) is 3. The number of para-hydroxylation sites is 1. The molecule has 1 aliphatic heterocycles. The maximum absolute atomic E-state index is 11.0. The Bertz CT molecular complexity index is 812. The molecule has 0 atom stereocenters. The van der Waals surface area contributed by atoms with Crippen LogP contribution < -0.4 is 10.8 Å². The molecule has 152 valence electrons. The molecule has 0 spiro atoms. The number of hydroxylamine groups is 1. The SMILES string of the molecule is Cl.Cl.O=C(C=Cc1cnc(Nc2ccccc2CN2CCCC2)c(Cl)c1)NO. The monoisotopic (exact) mass is 444 g/mol. The highest BCUT2D eigenvalue weighted by Gasteiger charge is 2.14. The number of amides is 1. The van der Waals surface area contributed by atoms with E-state index in [2.05, 4.69) is 21.3 Å². The Balaban J connectivity index is 0.00000196. The predicted octanol–water partition coefficient (Wildman–Crippen LogP) is 4.44. The van der Waals surface area contributed by atoms with E-state index in [1.807, 2.05) is 18.2 Å². The van der Waals surface area contributed by atoms with Crippen LogP contribution in [0.25, 0.3) is 6.08 Å². The van der Waals surface area contributed by atoms with E-state index in [0.29, 0.717) is 16.4 Å². The zero-order chi connectivity index (χ0) is 18.4. The van der Waals surface area contributed by atoms with Crippen molar-refractivity contribution in [2.24, 2.45) is 0 Å². The first kappa shape index (κ1) is 24.2. The van der Waals surface area contributed by atoms with Crippen molar-refractivity contribution < 1.29 is 10.0 Å². The predicted molar refractivity (Wildman–Crippen MR) is 117 cm³/mol. The summed E-state index contributed by atoms with van der Waals surface area (Å²) in [6.07, 6.45) is 6.85. The quantitative estimate of drug-likeness (QED) is 0.348. The van der Waals surface area contributed by atoms with Gasteiger partial charge in [-0.3, -0.25) is 14.9 Å². The Morgan fingerprint density at radius 1 is 1.25 bits per heavy atom. The lowest BCUT2D eigenvalue weighted by Crippen LogP contribution is -2.19. The molecule has 0 radical (unpaired) electrons. The van der Waals surface area contributed by atoms with E-state index < -0.39 is 5.91 Å². The molecule has 0 unspecified atom stereocenters. The summed E-state index contributed by atoms with van der Waals surface area (Å²) in [5.41, 5.74) is 4.38. The van der Waals surface area contributed by atoms with Gasteiger partial charge in [0.2, 0.25) is 0 Å². The molecule has 1 aliphatic rings. The van der Waals surface area contributed by atoms with Gasteiger partial charge in [0.1, 0.15) is 5.82 Å². The van der Waals surface area contributed by atoms with E-state index in [-0.39, 0.29) is 24.8 Å². The summed E-state index contributed by atoms with van der Waals surface area (Å²) in [4.78, 5) is 17.8. The van der Waals surface area contributed by atoms with Gasteiger partial charge in [-0.15, -0.1) is 24.8 Å². The van der Waals surface area contributed by atoms with Gasteiger partial charge in [-0.1, -0.05) is 29.8 Å². The molecular formula is C19H23Cl3N4O2. The van der Waals surface area contributed by atoms with Crippen LogP contribution in [-0.4, -0.2) is 34.1 Å². The Morgan fingerprint density at radius 3 is 2.64 bits per heavy atom. The molecule has 3 rings (SSSR count). The van der Waals surface area contributed by atoms with E-state index in [9.17, 15) is 4.79 Å². The van der Waals surface area contributed by atoms with Crippen LogP contribution in [0.15, 0.2) is 42.6 Å². The third-order valence-corrected chi connectivity index (χ3v) is 4.55. The Hall–Kier alpha value is -1.83. The highest BCUT2D eigenvalue weighted by Crippen LogP contribution is 2.27. The number of likely N-dealkylation sites (tertiary alicyclic amines) is 1. The molecule has 3 N–H and O–H groups in total. The maximum atomic E-state index is 11.0. The lowest BCUT2D eigenvalue weighted by Gasteiger charge is -2.18. The molecule has 1 saturated heterocycles. The van der Waals surface area contributed by atoms with Crippen LogP contribution in [0.4, 0.5) is 11.5 Å². The summed E-state index contributed by atoms with van der Waals surface area (Å²) in [5.74, 6) is -0.0523. The summed E-state index contributed by atoms with van der Waals surface area (Å²) in [6.45, 7) is 3.17. The van der Waals surface area contributed by atoms with Crippen molar-refractivity contribution in [3.05, 3.63) is 58.8 Å². The van der Waals surface area contributed by atoms with E-state index in [4.69, 9.17) is 16.8 Å². The smallest absolute Gasteiger partial charge is 0.267 e. The Morgan fingerprint density at radius 2 is 1.96 bits per heavy atom. The van der Waals surface area contributed by atoms with Gasteiger partial charge in [0, 0.05) is 24.5 Å². The number of aromatic nitrogens is 1. The van der Waals surface area contributed by atoms with E-state index >= 15 is 0 Å². The average molecular weight is 446 g/mol.